The molecule has 0 aromatic heterocycles. The minimum absolute atomic E-state index is 0.128. The van der Waals surface area contributed by atoms with E-state index in [4.69, 9.17) is 15.0 Å². The van der Waals surface area contributed by atoms with Crippen LogP contribution in [-0.4, -0.2) is 28.5 Å². The highest BCUT2D eigenvalue weighted by Gasteiger charge is 2.41. The Labute approximate surface area is 210 Å². The SMILES string of the molecule is C=CCCCC(C)(N)P(=O)(O)OCCCC(CC(CC)C[C@@H]1CC1CC/C=C\C)OC(C)(C)C. The molecule has 5 nitrogen and oxygen atoms in total. The summed E-state index contributed by atoms with van der Waals surface area (Å²) in [4.78, 5) is 10.4. The smallest absolute Gasteiger partial charge is 0.347 e. The van der Waals surface area contributed by atoms with Gasteiger partial charge in [-0.2, -0.15) is 0 Å². The van der Waals surface area contributed by atoms with E-state index in [9.17, 15) is 9.46 Å². The minimum atomic E-state index is -3.90. The Kier molecular flexibility index (Phi) is 13.9. The first kappa shape index (κ1) is 31.6. The zero-order valence-corrected chi connectivity index (χ0v) is 23.8. The minimum Gasteiger partial charge on any atom is -0.373 e. The van der Waals surface area contributed by atoms with Gasteiger partial charge in [-0.05, 0) is 117 Å². The van der Waals surface area contributed by atoms with Gasteiger partial charge < -0.3 is 19.9 Å². The van der Waals surface area contributed by atoms with Crippen LogP contribution in [0, 0.1) is 17.8 Å². The Bertz CT molecular complexity index is 655. The number of hydrogen-bond donors (Lipinski definition) is 2. The normalized spacial score (nSPS) is 23.9. The number of unbranched alkanes of at least 4 members (excludes halogenated alkanes) is 1. The maximum atomic E-state index is 12.7. The standard InChI is InChI=1S/C28H54NO4P/c1-8-11-13-16-24-22-25(24)20-23(10-3)21-26(33-27(4,5)6)17-15-19-32-34(30,31)28(7,29)18-14-12-9-2/h8-9,11,23-26H,2,10,12-22,29H2,1,3-7H3,(H,30,31)/b11-8-/t23?,24?,25-,26?,28?/m1/s1. The molecule has 6 heteroatoms. The average Bonchev–Trinajstić information content (AvgIpc) is 3.47. The first-order valence-electron chi connectivity index (χ1n) is 13.5. The van der Waals surface area contributed by atoms with Crippen molar-refractivity contribution in [3.63, 3.8) is 0 Å². The summed E-state index contributed by atoms with van der Waals surface area (Å²) in [5.41, 5.74) is 5.93. The van der Waals surface area contributed by atoms with Gasteiger partial charge in [-0.3, -0.25) is 4.57 Å². The summed E-state index contributed by atoms with van der Waals surface area (Å²) in [7, 11) is -3.90. The van der Waals surface area contributed by atoms with Gasteiger partial charge in [0.05, 0.1) is 18.3 Å². The molecule has 0 bridgehead atoms. The number of ether oxygens (including phenoxy) is 1. The fourth-order valence-corrected chi connectivity index (χ4v) is 5.89. The molecule has 1 rings (SSSR count). The summed E-state index contributed by atoms with van der Waals surface area (Å²) in [5.74, 6) is 2.43. The molecule has 0 aromatic carbocycles. The van der Waals surface area contributed by atoms with Crippen LogP contribution in [0.3, 0.4) is 0 Å². The van der Waals surface area contributed by atoms with Crippen LogP contribution in [0.5, 0.6) is 0 Å². The number of rotatable bonds is 19. The highest BCUT2D eigenvalue weighted by molar-refractivity contribution is 7.54. The van der Waals surface area contributed by atoms with E-state index in [-0.39, 0.29) is 18.3 Å². The van der Waals surface area contributed by atoms with E-state index in [1.165, 1.54) is 32.1 Å². The lowest BCUT2D eigenvalue weighted by Gasteiger charge is -2.31. The molecule has 0 spiro atoms. The lowest BCUT2D eigenvalue weighted by atomic mass is 9.90. The Balaban J connectivity index is 2.54. The summed E-state index contributed by atoms with van der Waals surface area (Å²) in [6.45, 7) is 16.2. The fourth-order valence-electron chi connectivity index (χ4n) is 4.78. The van der Waals surface area contributed by atoms with Crippen molar-refractivity contribution in [3.05, 3.63) is 24.8 Å². The van der Waals surface area contributed by atoms with Gasteiger partial charge >= 0.3 is 7.60 Å². The maximum absolute atomic E-state index is 12.7. The molecule has 0 saturated heterocycles. The van der Waals surface area contributed by atoms with Gasteiger partial charge in [0, 0.05) is 0 Å². The van der Waals surface area contributed by atoms with Crippen LogP contribution in [0.25, 0.3) is 0 Å². The predicted octanol–water partition coefficient (Wildman–Crippen LogP) is 7.98. The molecule has 6 atom stereocenters. The third kappa shape index (κ3) is 12.5. The second-order valence-corrected chi connectivity index (χ2v) is 13.9. The fraction of sp³-hybridized carbons (Fsp3) is 0.857. The van der Waals surface area contributed by atoms with Crippen LogP contribution in [0.15, 0.2) is 24.8 Å². The van der Waals surface area contributed by atoms with Crippen molar-refractivity contribution in [2.45, 2.75) is 129 Å². The molecule has 1 fully saturated rings. The molecule has 0 amide bonds. The molecule has 5 unspecified atom stereocenters. The van der Waals surface area contributed by atoms with E-state index in [1.807, 2.05) is 0 Å². The van der Waals surface area contributed by atoms with Crippen molar-refractivity contribution in [1.29, 1.82) is 0 Å². The van der Waals surface area contributed by atoms with Gasteiger partial charge in [0.1, 0.15) is 5.28 Å². The summed E-state index contributed by atoms with van der Waals surface area (Å²) in [6, 6.07) is 0. The third-order valence-corrected chi connectivity index (χ3v) is 9.06. The molecule has 1 aliphatic rings. The first-order chi connectivity index (χ1) is 15.8. The van der Waals surface area contributed by atoms with Crippen molar-refractivity contribution in [3.8, 4) is 0 Å². The second kappa shape index (κ2) is 15.0. The topological polar surface area (TPSA) is 81.8 Å². The molecule has 0 aliphatic heterocycles. The molecule has 0 heterocycles. The number of nitrogens with two attached hydrogens (primary N) is 1. The van der Waals surface area contributed by atoms with E-state index in [2.05, 4.69) is 53.3 Å². The summed E-state index contributed by atoms with van der Waals surface area (Å²) >= 11 is 0. The van der Waals surface area contributed by atoms with Crippen LogP contribution in [0.4, 0.5) is 0 Å². The number of allylic oxidation sites excluding steroid dienone is 3. The lowest BCUT2D eigenvalue weighted by molar-refractivity contribution is -0.0744. The highest BCUT2D eigenvalue weighted by atomic mass is 31.2. The Morgan fingerprint density at radius 1 is 1.21 bits per heavy atom. The molecule has 1 aliphatic carbocycles. The first-order valence-corrected chi connectivity index (χ1v) is 15.1. The quantitative estimate of drug-likeness (QED) is 0.107. The van der Waals surface area contributed by atoms with E-state index >= 15 is 0 Å². The van der Waals surface area contributed by atoms with E-state index in [0.29, 0.717) is 18.8 Å². The molecule has 3 N–H and O–H groups in total. The zero-order valence-electron chi connectivity index (χ0n) is 22.9. The van der Waals surface area contributed by atoms with Crippen LogP contribution in [-0.2, 0) is 13.8 Å². The summed E-state index contributed by atoms with van der Waals surface area (Å²) in [6.07, 6.45) is 17.2. The highest BCUT2D eigenvalue weighted by Crippen LogP contribution is 2.54. The monoisotopic (exact) mass is 499 g/mol. The molecular weight excluding hydrogens is 445 g/mol. The average molecular weight is 500 g/mol. The van der Waals surface area contributed by atoms with E-state index < -0.39 is 12.9 Å². The maximum Gasteiger partial charge on any atom is 0.347 e. The van der Waals surface area contributed by atoms with Gasteiger partial charge in [-0.1, -0.05) is 31.6 Å². The molecule has 200 valence electrons. The second-order valence-electron chi connectivity index (χ2n) is 11.5. The Hall–Kier alpha value is -0.450. The van der Waals surface area contributed by atoms with Crippen molar-refractivity contribution in [1.82, 2.24) is 0 Å². The van der Waals surface area contributed by atoms with E-state index in [1.54, 1.807) is 13.0 Å². The van der Waals surface area contributed by atoms with Gasteiger partial charge in [0.2, 0.25) is 0 Å². The van der Waals surface area contributed by atoms with Crippen molar-refractivity contribution >= 4 is 7.60 Å². The summed E-state index contributed by atoms with van der Waals surface area (Å²) in [5, 5.41) is -1.24. The van der Waals surface area contributed by atoms with Gasteiger partial charge in [0.15, 0.2) is 0 Å². The molecular formula is C28H54NO4P. The van der Waals surface area contributed by atoms with Crippen LogP contribution in [0.1, 0.15) is 112 Å². The molecule has 34 heavy (non-hydrogen) atoms. The van der Waals surface area contributed by atoms with Gasteiger partial charge in [-0.15, -0.1) is 6.58 Å². The van der Waals surface area contributed by atoms with Gasteiger partial charge in [0.25, 0.3) is 0 Å². The van der Waals surface area contributed by atoms with Gasteiger partial charge in [-0.25, -0.2) is 0 Å². The molecule has 1 saturated carbocycles. The van der Waals surface area contributed by atoms with E-state index in [0.717, 1.165) is 37.5 Å². The molecule has 0 radical (unpaired) electrons. The van der Waals surface area contributed by atoms with Crippen molar-refractivity contribution in [2.75, 3.05) is 6.61 Å². The Morgan fingerprint density at radius 3 is 2.50 bits per heavy atom. The predicted molar refractivity (Wildman–Crippen MR) is 145 cm³/mol. The van der Waals surface area contributed by atoms with Crippen molar-refractivity contribution < 1.29 is 18.7 Å². The van der Waals surface area contributed by atoms with Crippen molar-refractivity contribution in [2.24, 2.45) is 23.5 Å². The van der Waals surface area contributed by atoms with Crippen LogP contribution < -0.4 is 5.73 Å². The van der Waals surface area contributed by atoms with Crippen LogP contribution in [0.2, 0.25) is 0 Å². The lowest BCUT2D eigenvalue weighted by Crippen LogP contribution is -2.36. The largest absolute Gasteiger partial charge is 0.373 e. The molecule has 0 aromatic rings. The zero-order chi connectivity index (χ0) is 25.8. The van der Waals surface area contributed by atoms with Crippen LogP contribution >= 0.6 is 7.60 Å². The third-order valence-electron chi connectivity index (χ3n) is 7.01. The summed E-state index contributed by atoms with van der Waals surface area (Å²) < 4.78 is 24.6. The number of hydrogen-bond acceptors (Lipinski definition) is 4. The Morgan fingerprint density at radius 2 is 1.91 bits per heavy atom.